The smallest absolute Gasteiger partial charge is 0.0410 e. The molecule has 1 aromatic heterocycles. The van der Waals surface area contributed by atoms with Gasteiger partial charge in [0.2, 0.25) is 0 Å². The Labute approximate surface area is 134 Å². The maximum Gasteiger partial charge on any atom is 0.0410 e. The molecule has 21 heavy (non-hydrogen) atoms. The van der Waals surface area contributed by atoms with E-state index in [1.807, 2.05) is 11.3 Å². The van der Waals surface area contributed by atoms with Crippen LogP contribution in [0.5, 0.6) is 0 Å². The topological polar surface area (TPSA) is 15.3 Å². The number of thiophene rings is 1. The Morgan fingerprint density at radius 3 is 2.57 bits per heavy atom. The second-order valence-corrected chi connectivity index (χ2v) is 8.32. The van der Waals surface area contributed by atoms with Gasteiger partial charge in [-0.1, -0.05) is 32.8 Å². The third kappa shape index (κ3) is 4.80. The van der Waals surface area contributed by atoms with Gasteiger partial charge in [0.25, 0.3) is 0 Å². The number of hydrogen-bond donors (Lipinski definition) is 1. The van der Waals surface area contributed by atoms with Gasteiger partial charge in [-0.25, -0.2) is 0 Å². The van der Waals surface area contributed by atoms with Crippen molar-refractivity contribution in [1.29, 1.82) is 0 Å². The molecule has 2 nitrogen and oxygen atoms in total. The first-order valence-electron chi connectivity index (χ1n) is 8.47. The summed E-state index contributed by atoms with van der Waals surface area (Å²) in [7, 11) is 2.30. The van der Waals surface area contributed by atoms with Gasteiger partial charge in [0.05, 0.1) is 0 Å². The van der Waals surface area contributed by atoms with Crippen LogP contribution in [0.15, 0.2) is 17.5 Å². The van der Waals surface area contributed by atoms with Crippen LogP contribution in [-0.2, 0) is 0 Å². The van der Waals surface area contributed by atoms with Crippen molar-refractivity contribution in [2.45, 2.75) is 52.5 Å². The summed E-state index contributed by atoms with van der Waals surface area (Å²) in [4.78, 5) is 4.05. The molecule has 1 aliphatic carbocycles. The fraction of sp³-hybridized carbons (Fsp3) is 0.778. The quantitative estimate of drug-likeness (QED) is 0.758. The summed E-state index contributed by atoms with van der Waals surface area (Å²) < 4.78 is 0. The van der Waals surface area contributed by atoms with Gasteiger partial charge in [0, 0.05) is 24.0 Å². The molecule has 1 unspecified atom stereocenters. The molecule has 120 valence electrons. The maximum atomic E-state index is 3.72. The summed E-state index contributed by atoms with van der Waals surface area (Å²) in [6.07, 6.45) is 5.59. The molecule has 1 aromatic rings. The molecule has 0 bridgehead atoms. The fourth-order valence-corrected chi connectivity index (χ4v) is 4.40. The predicted octanol–water partition coefficient (Wildman–Crippen LogP) is 4.55. The predicted molar refractivity (Wildman–Crippen MR) is 94.0 cm³/mol. The summed E-state index contributed by atoms with van der Waals surface area (Å²) in [5, 5.41) is 5.91. The Balaban J connectivity index is 1.92. The van der Waals surface area contributed by atoms with E-state index in [0.29, 0.717) is 11.5 Å². The van der Waals surface area contributed by atoms with Gasteiger partial charge >= 0.3 is 0 Å². The highest BCUT2D eigenvalue weighted by Gasteiger charge is 2.35. The monoisotopic (exact) mass is 308 g/mol. The second kappa shape index (κ2) is 7.75. The molecule has 2 rings (SSSR count). The van der Waals surface area contributed by atoms with Gasteiger partial charge in [-0.3, -0.25) is 4.90 Å². The molecule has 0 amide bonds. The van der Waals surface area contributed by atoms with E-state index in [1.165, 1.54) is 43.6 Å². The summed E-state index contributed by atoms with van der Waals surface area (Å²) in [5.74, 6) is 0.742. The first-order chi connectivity index (χ1) is 10.0. The van der Waals surface area contributed by atoms with E-state index in [2.05, 4.69) is 55.5 Å². The molecule has 0 radical (unpaired) electrons. The third-order valence-electron chi connectivity index (χ3n) is 4.92. The summed E-state index contributed by atoms with van der Waals surface area (Å²) >= 11 is 1.88. The zero-order valence-electron chi connectivity index (χ0n) is 14.2. The molecular formula is C18H32N2S. The Morgan fingerprint density at radius 2 is 2.00 bits per heavy atom. The minimum absolute atomic E-state index is 0.495. The Morgan fingerprint density at radius 1 is 1.29 bits per heavy atom. The molecule has 0 spiro atoms. The molecule has 1 saturated carbocycles. The van der Waals surface area contributed by atoms with Gasteiger partial charge in [0.1, 0.15) is 0 Å². The highest BCUT2D eigenvalue weighted by atomic mass is 32.1. The van der Waals surface area contributed by atoms with Crippen LogP contribution in [0.1, 0.15) is 57.4 Å². The standard InChI is InChI=1S/C18H32N2S/c1-15(2)12-19-13-18(9-5-6-10-18)14-20(4)16(3)17-8-7-11-21-17/h7-8,11,15-16,19H,5-6,9-10,12-14H2,1-4H3. The first kappa shape index (κ1) is 17.0. The first-order valence-corrected chi connectivity index (χ1v) is 9.35. The van der Waals surface area contributed by atoms with Crippen LogP contribution in [-0.4, -0.2) is 31.6 Å². The van der Waals surface area contributed by atoms with E-state index in [9.17, 15) is 0 Å². The molecule has 1 N–H and O–H groups in total. The minimum atomic E-state index is 0.495. The Kier molecular flexibility index (Phi) is 6.27. The van der Waals surface area contributed by atoms with Crippen LogP contribution < -0.4 is 5.32 Å². The number of hydrogen-bond acceptors (Lipinski definition) is 3. The van der Waals surface area contributed by atoms with Crippen molar-refractivity contribution in [2.24, 2.45) is 11.3 Å². The normalized spacial score (nSPS) is 19.5. The van der Waals surface area contributed by atoms with Crippen LogP contribution in [0.25, 0.3) is 0 Å². The van der Waals surface area contributed by atoms with Gasteiger partial charge in [-0.2, -0.15) is 0 Å². The molecular weight excluding hydrogens is 276 g/mol. The Bertz CT molecular complexity index is 393. The van der Waals surface area contributed by atoms with Crippen LogP contribution in [0.3, 0.4) is 0 Å². The van der Waals surface area contributed by atoms with Crippen molar-refractivity contribution < 1.29 is 0 Å². The van der Waals surface area contributed by atoms with E-state index in [4.69, 9.17) is 0 Å². The SMILES string of the molecule is CC(C)CNCC1(CN(C)C(C)c2cccs2)CCCC1. The lowest BCUT2D eigenvalue weighted by Crippen LogP contribution is -2.42. The van der Waals surface area contributed by atoms with E-state index in [1.54, 1.807) is 0 Å². The molecule has 0 aromatic carbocycles. The van der Waals surface area contributed by atoms with Gasteiger partial charge in [0.15, 0.2) is 0 Å². The van der Waals surface area contributed by atoms with Crippen LogP contribution in [0.2, 0.25) is 0 Å². The zero-order chi connectivity index (χ0) is 15.3. The Hall–Kier alpha value is -0.380. The molecule has 1 fully saturated rings. The van der Waals surface area contributed by atoms with Crippen molar-refractivity contribution in [1.82, 2.24) is 10.2 Å². The highest BCUT2D eigenvalue weighted by Crippen LogP contribution is 2.39. The number of nitrogens with one attached hydrogen (secondary N) is 1. The number of nitrogens with zero attached hydrogens (tertiary/aromatic N) is 1. The van der Waals surface area contributed by atoms with Crippen LogP contribution >= 0.6 is 11.3 Å². The fourth-order valence-electron chi connectivity index (χ4n) is 3.55. The third-order valence-corrected chi connectivity index (χ3v) is 5.96. The van der Waals surface area contributed by atoms with Crippen molar-refractivity contribution in [2.75, 3.05) is 26.7 Å². The molecule has 1 atom stereocenters. The lowest BCUT2D eigenvalue weighted by Gasteiger charge is -2.36. The lowest BCUT2D eigenvalue weighted by atomic mass is 9.85. The summed E-state index contributed by atoms with van der Waals surface area (Å²) in [6.45, 7) is 10.5. The highest BCUT2D eigenvalue weighted by molar-refractivity contribution is 7.10. The summed E-state index contributed by atoms with van der Waals surface area (Å²) in [5.41, 5.74) is 0.495. The van der Waals surface area contributed by atoms with Crippen molar-refractivity contribution in [3.63, 3.8) is 0 Å². The number of rotatable bonds is 8. The van der Waals surface area contributed by atoms with E-state index in [-0.39, 0.29) is 0 Å². The maximum absolute atomic E-state index is 3.72. The van der Waals surface area contributed by atoms with Crippen LogP contribution in [0, 0.1) is 11.3 Å². The van der Waals surface area contributed by atoms with Crippen molar-refractivity contribution >= 4 is 11.3 Å². The summed E-state index contributed by atoms with van der Waals surface area (Å²) in [6, 6.07) is 4.97. The lowest BCUT2D eigenvalue weighted by molar-refractivity contribution is 0.142. The van der Waals surface area contributed by atoms with Crippen molar-refractivity contribution in [3.05, 3.63) is 22.4 Å². The molecule has 3 heteroatoms. The zero-order valence-corrected chi connectivity index (χ0v) is 15.0. The van der Waals surface area contributed by atoms with Gasteiger partial charge < -0.3 is 5.32 Å². The van der Waals surface area contributed by atoms with Gasteiger partial charge in [-0.15, -0.1) is 11.3 Å². The average Bonchev–Trinajstić information content (AvgIpc) is 3.09. The van der Waals surface area contributed by atoms with Crippen molar-refractivity contribution in [3.8, 4) is 0 Å². The largest absolute Gasteiger partial charge is 0.316 e. The van der Waals surface area contributed by atoms with E-state index in [0.717, 1.165) is 12.5 Å². The van der Waals surface area contributed by atoms with E-state index >= 15 is 0 Å². The molecule has 0 saturated heterocycles. The van der Waals surface area contributed by atoms with Crippen LogP contribution in [0.4, 0.5) is 0 Å². The average molecular weight is 309 g/mol. The molecule has 0 aliphatic heterocycles. The molecule has 1 heterocycles. The second-order valence-electron chi connectivity index (χ2n) is 7.34. The van der Waals surface area contributed by atoms with E-state index < -0.39 is 0 Å². The van der Waals surface area contributed by atoms with Gasteiger partial charge in [-0.05, 0) is 56.1 Å². The minimum Gasteiger partial charge on any atom is -0.316 e. The molecule has 1 aliphatic rings.